The van der Waals surface area contributed by atoms with Crippen molar-refractivity contribution in [3.8, 4) is 5.75 Å². The molecule has 0 atom stereocenters. The van der Waals surface area contributed by atoms with Crippen molar-refractivity contribution >= 4 is 29.1 Å². The predicted molar refractivity (Wildman–Crippen MR) is 78.9 cm³/mol. The van der Waals surface area contributed by atoms with E-state index in [4.69, 9.17) is 16.3 Å². The van der Waals surface area contributed by atoms with Gasteiger partial charge < -0.3 is 4.74 Å². The van der Waals surface area contributed by atoms with Crippen LogP contribution in [0.4, 0.5) is 0 Å². The number of carbonyl (C=O) groups excluding carboxylic acids is 1. The second kappa shape index (κ2) is 7.70. The van der Waals surface area contributed by atoms with E-state index >= 15 is 0 Å². The minimum Gasteiger partial charge on any atom is -0.496 e. The lowest BCUT2D eigenvalue weighted by molar-refractivity contribution is -0.116. The van der Waals surface area contributed by atoms with Gasteiger partial charge in [-0.05, 0) is 29.9 Å². The second-order valence-corrected chi connectivity index (χ2v) is 6.05. The van der Waals surface area contributed by atoms with Crippen LogP contribution in [-0.2, 0) is 11.2 Å². The molecule has 0 spiro atoms. The number of benzene rings is 1. The maximum absolute atomic E-state index is 11.9. The van der Waals surface area contributed by atoms with Gasteiger partial charge in [-0.15, -0.1) is 0 Å². The van der Waals surface area contributed by atoms with Crippen LogP contribution in [0.2, 0.25) is 5.02 Å². The fourth-order valence-corrected chi connectivity index (χ4v) is 2.67. The van der Waals surface area contributed by atoms with Gasteiger partial charge in [0.25, 0.3) is 0 Å². The Bertz CT molecular complexity index is 405. The second-order valence-electron chi connectivity index (χ2n) is 4.58. The lowest BCUT2D eigenvalue weighted by Crippen LogP contribution is -2.08. The molecule has 0 aromatic heterocycles. The van der Waals surface area contributed by atoms with E-state index in [1.165, 1.54) is 0 Å². The van der Waals surface area contributed by atoms with Gasteiger partial charge in [0.2, 0.25) is 0 Å². The fourth-order valence-electron chi connectivity index (χ4n) is 1.56. The molecule has 18 heavy (non-hydrogen) atoms. The van der Waals surface area contributed by atoms with Crippen molar-refractivity contribution in [2.45, 2.75) is 20.3 Å². The van der Waals surface area contributed by atoms with Crippen LogP contribution in [0.3, 0.4) is 0 Å². The standard InChI is InChI=1S/C14H19ClO2S/c1-10(2)8-18-9-13(16)7-11-6-12(15)4-5-14(11)17-3/h4-6,10H,7-9H2,1-3H3. The molecule has 100 valence electrons. The normalized spacial score (nSPS) is 10.7. The number of Topliss-reactive ketones (excluding diaryl/α,β-unsaturated/α-hetero) is 1. The number of thioether (sulfide) groups is 1. The zero-order valence-corrected chi connectivity index (χ0v) is 12.6. The monoisotopic (exact) mass is 286 g/mol. The molecule has 0 aliphatic rings. The van der Waals surface area contributed by atoms with Gasteiger partial charge >= 0.3 is 0 Å². The van der Waals surface area contributed by atoms with Crippen LogP contribution in [0.5, 0.6) is 5.75 Å². The Morgan fingerprint density at radius 1 is 1.44 bits per heavy atom. The number of rotatable bonds is 7. The smallest absolute Gasteiger partial charge is 0.147 e. The van der Waals surface area contributed by atoms with Crippen molar-refractivity contribution in [3.63, 3.8) is 0 Å². The third-order valence-electron chi connectivity index (χ3n) is 2.34. The average Bonchev–Trinajstić information content (AvgIpc) is 2.28. The average molecular weight is 287 g/mol. The highest BCUT2D eigenvalue weighted by atomic mass is 35.5. The van der Waals surface area contributed by atoms with E-state index in [1.54, 1.807) is 37.1 Å². The van der Waals surface area contributed by atoms with Crippen LogP contribution in [0.1, 0.15) is 19.4 Å². The molecule has 0 fully saturated rings. The van der Waals surface area contributed by atoms with Crippen molar-refractivity contribution in [3.05, 3.63) is 28.8 Å². The molecule has 4 heteroatoms. The summed E-state index contributed by atoms with van der Waals surface area (Å²) in [6.45, 7) is 4.30. The third kappa shape index (κ3) is 5.32. The summed E-state index contributed by atoms with van der Waals surface area (Å²) in [4.78, 5) is 11.9. The van der Waals surface area contributed by atoms with Gasteiger partial charge in [0.15, 0.2) is 0 Å². The maximum atomic E-state index is 11.9. The number of methoxy groups -OCH3 is 1. The molecule has 0 bridgehead atoms. The number of ether oxygens (including phenoxy) is 1. The van der Waals surface area contributed by atoms with Crippen LogP contribution >= 0.6 is 23.4 Å². The molecule has 0 aliphatic carbocycles. The highest BCUT2D eigenvalue weighted by Crippen LogP contribution is 2.23. The van der Waals surface area contributed by atoms with Gasteiger partial charge in [-0.25, -0.2) is 0 Å². The maximum Gasteiger partial charge on any atom is 0.147 e. The Morgan fingerprint density at radius 3 is 2.78 bits per heavy atom. The van der Waals surface area contributed by atoms with E-state index in [2.05, 4.69) is 13.8 Å². The Hall–Kier alpha value is -0.670. The summed E-state index contributed by atoms with van der Waals surface area (Å²) in [7, 11) is 1.60. The van der Waals surface area contributed by atoms with Gasteiger partial charge in [0.05, 0.1) is 12.9 Å². The predicted octanol–water partition coefficient (Wildman–Crippen LogP) is 3.85. The molecule has 0 N–H and O–H groups in total. The summed E-state index contributed by atoms with van der Waals surface area (Å²) in [6, 6.07) is 5.36. The summed E-state index contributed by atoms with van der Waals surface area (Å²) < 4.78 is 5.23. The first kappa shape index (κ1) is 15.4. The van der Waals surface area contributed by atoms with Gasteiger partial charge in [-0.1, -0.05) is 25.4 Å². The minimum atomic E-state index is 0.209. The number of halogens is 1. The van der Waals surface area contributed by atoms with Crippen molar-refractivity contribution in [2.24, 2.45) is 5.92 Å². The first-order chi connectivity index (χ1) is 8.52. The SMILES string of the molecule is COc1ccc(Cl)cc1CC(=O)CSCC(C)C. The van der Waals surface area contributed by atoms with Crippen LogP contribution in [-0.4, -0.2) is 24.4 Å². The van der Waals surface area contributed by atoms with Crippen LogP contribution in [0.15, 0.2) is 18.2 Å². The summed E-state index contributed by atoms with van der Waals surface area (Å²) >= 11 is 7.61. The van der Waals surface area contributed by atoms with Crippen LogP contribution < -0.4 is 4.74 Å². The number of ketones is 1. The highest BCUT2D eigenvalue weighted by molar-refractivity contribution is 7.99. The lowest BCUT2D eigenvalue weighted by Gasteiger charge is -2.08. The number of hydrogen-bond donors (Lipinski definition) is 0. The molecule has 0 aliphatic heterocycles. The summed E-state index contributed by atoms with van der Waals surface area (Å²) in [5, 5.41) is 0.633. The van der Waals surface area contributed by atoms with E-state index in [9.17, 15) is 4.79 Å². The van der Waals surface area contributed by atoms with Crippen molar-refractivity contribution in [2.75, 3.05) is 18.6 Å². The molecular formula is C14H19ClO2S. The van der Waals surface area contributed by atoms with Gasteiger partial charge in [0, 0.05) is 17.0 Å². The van der Waals surface area contributed by atoms with E-state index in [-0.39, 0.29) is 5.78 Å². The van der Waals surface area contributed by atoms with Gasteiger partial charge in [0.1, 0.15) is 11.5 Å². The highest BCUT2D eigenvalue weighted by Gasteiger charge is 2.10. The van der Waals surface area contributed by atoms with E-state index in [0.29, 0.717) is 23.1 Å². The quantitative estimate of drug-likeness (QED) is 0.761. The molecule has 1 rings (SSSR count). The molecular weight excluding hydrogens is 268 g/mol. The molecule has 1 aromatic carbocycles. The summed E-state index contributed by atoms with van der Waals surface area (Å²) in [6.07, 6.45) is 0.384. The first-order valence-electron chi connectivity index (χ1n) is 5.94. The Balaban J connectivity index is 2.55. The van der Waals surface area contributed by atoms with E-state index in [1.807, 2.05) is 0 Å². The largest absolute Gasteiger partial charge is 0.496 e. The van der Waals surface area contributed by atoms with Crippen LogP contribution in [0.25, 0.3) is 0 Å². The molecule has 1 aromatic rings. The molecule has 0 heterocycles. The Morgan fingerprint density at radius 2 is 2.17 bits per heavy atom. The molecule has 0 saturated heterocycles. The fraction of sp³-hybridized carbons (Fsp3) is 0.500. The topological polar surface area (TPSA) is 26.3 Å². The molecule has 0 radical (unpaired) electrons. The lowest BCUT2D eigenvalue weighted by atomic mass is 10.1. The zero-order chi connectivity index (χ0) is 13.5. The molecule has 0 unspecified atom stereocenters. The Kier molecular flexibility index (Phi) is 6.58. The molecule has 0 amide bonds. The zero-order valence-electron chi connectivity index (χ0n) is 11.0. The van der Waals surface area contributed by atoms with Gasteiger partial charge in [-0.2, -0.15) is 11.8 Å². The van der Waals surface area contributed by atoms with E-state index in [0.717, 1.165) is 17.1 Å². The number of carbonyl (C=O) groups is 1. The Labute approximate surface area is 118 Å². The van der Waals surface area contributed by atoms with Crippen LogP contribution in [0, 0.1) is 5.92 Å². The van der Waals surface area contributed by atoms with Crippen molar-refractivity contribution < 1.29 is 9.53 Å². The number of hydrogen-bond acceptors (Lipinski definition) is 3. The van der Waals surface area contributed by atoms with Gasteiger partial charge in [-0.3, -0.25) is 4.79 Å². The first-order valence-corrected chi connectivity index (χ1v) is 7.48. The van der Waals surface area contributed by atoms with Crippen molar-refractivity contribution in [1.82, 2.24) is 0 Å². The summed E-state index contributed by atoms with van der Waals surface area (Å²) in [5.41, 5.74) is 0.861. The summed E-state index contributed by atoms with van der Waals surface area (Å²) in [5.74, 6) is 3.11. The van der Waals surface area contributed by atoms with Crippen molar-refractivity contribution in [1.29, 1.82) is 0 Å². The van der Waals surface area contributed by atoms with E-state index < -0.39 is 0 Å². The molecule has 0 saturated carbocycles. The third-order valence-corrected chi connectivity index (χ3v) is 4.01. The minimum absolute atomic E-state index is 0.209. The molecule has 2 nitrogen and oxygen atoms in total.